The number of hydrogen-bond donors (Lipinski definition) is 2. The molecular formula is C20H22BrFN2O2. The zero-order valence-electron chi connectivity index (χ0n) is 14.8. The van der Waals surface area contributed by atoms with Crippen LogP contribution in [-0.2, 0) is 16.1 Å². The van der Waals surface area contributed by atoms with Crippen LogP contribution in [0.25, 0.3) is 0 Å². The first-order valence-corrected chi connectivity index (χ1v) is 9.21. The Labute approximate surface area is 161 Å². The van der Waals surface area contributed by atoms with Crippen molar-refractivity contribution in [2.45, 2.75) is 32.9 Å². The Bertz CT molecular complexity index is 745. The van der Waals surface area contributed by atoms with Crippen molar-refractivity contribution in [2.75, 3.05) is 0 Å². The van der Waals surface area contributed by atoms with Crippen LogP contribution in [-0.4, -0.2) is 11.8 Å². The number of carbonyl (C=O) groups is 2. The SMILES string of the molecule is CC(C)CC(=O)NC(C(=O)NCc1cc(F)cc(Br)c1)c1ccccc1. The van der Waals surface area contributed by atoms with Gasteiger partial charge in [-0.15, -0.1) is 0 Å². The molecule has 0 aliphatic carbocycles. The van der Waals surface area contributed by atoms with E-state index in [1.165, 1.54) is 12.1 Å². The Morgan fingerprint density at radius 3 is 2.42 bits per heavy atom. The first kappa shape index (κ1) is 20.1. The maximum absolute atomic E-state index is 13.5. The summed E-state index contributed by atoms with van der Waals surface area (Å²) in [7, 11) is 0. The van der Waals surface area contributed by atoms with Gasteiger partial charge in [0.15, 0.2) is 0 Å². The number of rotatable bonds is 7. The molecule has 1 atom stereocenters. The Kier molecular flexibility index (Phi) is 7.33. The van der Waals surface area contributed by atoms with Crippen LogP contribution < -0.4 is 10.6 Å². The van der Waals surface area contributed by atoms with Gasteiger partial charge < -0.3 is 10.6 Å². The van der Waals surface area contributed by atoms with Crippen molar-refractivity contribution >= 4 is 27.7 Å². The van der Waals surface area contributed by atoms with E-state index in [1.54, 1.807) is 18.2 Å². The largest absolute Gasteiger partial charge is 0.350 e. The fraction of sp³-hybridized carbons (Fsp3) is 0.300. The molecule has 1 unspecified atom stereocenters. The number of amides is 2. The summed E-state index contributed by atoms with van der Waals surface area (Å²) in [6, 6.07) is 12.7. The van der Waals surface area contributed by atoms with Gasteiger partial charge in [-0.2, -0.15) is 0 Å². The lowest BCUT2D eigenvalue weighted by Gasteiger charge is -2.19. The summed E-state index contributed by atoms with van der Waals surface area (Å²) < 4.78 is 14.1. The Balaban J connectivity index is 2.10. The second-order valence-corrected chi connectivity index (χ2v) is 7.42. The highest BCUT2D eigenvalue weighted by atomic mass is 79.9. The van der Waals surface area contributed by atoms with Crippen molar-refractivity contribution in [3.8, 4) is 0 Å². The van der Waals surface area contributed by atoms with E-state index < -0.39 is 6.04 Å². The molecular weight excluding hydrogens is 399 g/mol. The molecule has 0 bridgehead atoms. The number of nitrogens with one attached hydrogen (secondary N) is 2. The van der Waals surface area contributed by atoms with E-state index in [-0.39, 0.29) is 30.1 Å². The molecule has 0 aliphatic heterocycles. The molecule has 2 amide bonds. The maximum atomic E-state index is 13.5. The third kappa shape index (κ3) is 6.26. The van der Waals surface area contributed by atoms with Crippen molar-refractivity contribution < 1.29 is 14.0 Å². The molecule has 26 heavy (non-hydrogen) atoms. The Morgan fingerprint density at radius 2 is 1.81 bits per heavy atom. The zero-order valence-corrected chi connectivity index (χ0v) is 16.3. The molecule has 0 saturated carbocycles. The smallest absolute Gasteiger partial charge is 0.247 e. The van der Waals surface area contributed by atoms with Crippen molar-refractivity contribution in [1.82, 2.24) is 10.6 Å². The van der Waals surface area contributed by atoms with Crippen molar-refractivity contribution in [1.29, 1.82) is 0 Å². The minimum Gasteiger partial charge on any atom is -0.350 e. The highest BCUT2D eigenvalue weighted by Gasteiger charge is 2.22. The van der Waals surface area contributed by atoms with E-state index in [9.17, 15) is 14.0 Å². The zero-order chi connectivity index (χ0) is 19.1. The predicted molar refractivity (Wildman–Crippen MR) is 103 cm³/mol. The van der Waals surface area contributed by atoms with E-state index in [0.717, 1.165) is 0 Å². The molecule has 138 valence electrons. The minimum atomic E-state index is -0.792. The summed E-state index contributed by atoms with van der Waals surface area (Å²) in [5.41, 5.74) is 1.33. The summed E-state index contributed by atoms with van der Waals surface area (Å²) in [5.74, 6) is -0.709. The van der Waals surface area contributed by atoms with E-state index >= 15 is 0 Å². The number of halogens is 2. The molecule has 6 heteroatoms. The van der Waals surface area contributed by atoms with E-state index in [1.807, 2.05) is 32.0 Å². The third-order valence-electron chi connectivity index (χ3n) is 3.68. The van der Waals surface area contributed by atoms with Gasteiger partial charge in [0.25, 0.3) is 0 Å². The number of benzene rings is 2. The lowest BCUT2D eigenvalue weighted by molar-refractivity contribution is -0.129. The van der Waals surface area contributed by atoms with Gasteiger partial charge >= 0.3 is 0 Å². The molecule has 2 rings (SSSR count). The summed E-state index contributed by atoms with van der Waals surface area (Å²) >= 11 is 3.23. The van der Waals surface area contributed by atoms with Gasteiger partial charge in [0.2, 0.25) is 11.8 Å². The first-order chi connectivity index (χ1) is 12.3. The van der Waals surface area contributed by atoms with Crippen molar-refractivity contribution in [2.24, 2.45) is 5.92 Å². The molecule has 2 N–H and O–H groups in total. The lowest BCUT2D eigenvalue weighted by Crippen LogP contribution is -2.40. The van der Waals surface area contributed by atoms with Gasteiger partial charge in [-0.05, 0) is 35.2 Å². The van der Waals surface area contributed by atoms with Crippen LogP contribution >= 0.6 is 15.9 Å². The molecule has 2 aromatic rings. The van der Waals surface area contributed by atoms with Crippen LogP contribution in [0, 0.1) is 11.7 Å². The van der Waals surface area contributed by atoms with Crippen LogP contribution in [0.15, 0.2) is 53.0 Å². The summed E-state index contributed by atoms with van der Waals surface area (Å²) in [6.45, 7) is 4.05. The average molecular weight is 421 g/mol. The first-order valence-electron chi connectivity index (χ1n) is 8.42. The summed E-state index contributed by atoms with van der Waals surface area (Å²) in [6.07, 6.45) is 0.341. The fourth-order valence-electron chi connectivity index (χ4n) is 2.54. The molecule has 0 fully saturated rings. The second-order valence-electron chi connectivity index (χ2n) is 6.50. The van der Waals surface area contributed by atoms with Crippen LogP contribution in [0.4, 0.5) is 4.39 Å². The molecule has 0 aromatic heterocycles. The highest BCUT2D eigenvalue weighted by Crippen LogP contribution is 2.17. The normalized spacial score (nSPS) is 11.9. The molecule has 4 nitrogen and oxygen atoms in total. The van der Waals surface area contributed by atoms with E-state index in [2.05, 4.69) is 26.6 Å². The van der Waals surface area contributed by atoms with Gasteiger partial charge in [0.1, 0.15) is 11.9 Å². The van der Waals surface area contributed by atoms with Crippen molar-refractivity contribution in [3.63, 3.8) is 0 Å². The van der Waals surface area contributed by atoms with Gasteiger partial charge in [-0.1, -0.05) is 60.1 Å². The predicted octanol–water partition coefficient (Wildman–Crippen LogP) is 4.11. The van der Waals surface area contributed by atoms with Crippen LogP contribution in [0.5, 0.6) is 0 Å². The monoisotopic (exact) mass is 420 g/mol. The summed E-state index contributed by atoms with van der Waals surface area (Å²) in [4.78, 5) is 24.8. The van der Waals surface area contributed by atoms with Gasteiger partial charge in [-0.3, -0.25) is 9.59 Å². The minimum absolute atomic E-state index is 0.165. The lowest BCUT2D eigenvalue weighted by atomic mass is 10.0. The molecule has 0 radical (unpaired) electrons. The standard InChI is InChI=1S/C20H22BrFN2O2/c1-13(2)8-18(25)24-19(15-6-4-3-5-7-15)20(26)23-12-14-9-16(21)11-17(22)10-14/h3-7,9-11,13,19H,8,12H2,1-2H3,(H,23,26)(H,24,25). The van der Waals surface area contributed by atoms with E-state index in [0.29, 0.717) is 22.0 Å². The number of hydrogen-bond acceptors (Lipinski definition) is 2. The number of carbonyl (C=O) groups excluding carboxylic acids is 2. The quantitative estimate of drug-likeness (QED) is 0.707. The highest BCUT2D eigenvalue weighted by molar-refractivity contribution is 9.10. The molecule has 0 heterocycles. The topological polar surface area (TPSA) is 58.2 Å². The van der Waals surface area contributed by atoms with Crippen LogP contribution in [0.1, 0.15) is 37.4 Å². The Morgan fingerprint density at radius 1 is 1.12 bits per heavy atom. The van der Waals surface area contributed by atoms with Gasteiger partial charge in [0, 0.05) is 17.4 Å². The third-order valence-corrected chi connectivity index (χ3v) is 4.14. The molecule has 0 saturated heterocycles. The van der Waals surface area contributed by atoms with Crippen molar-refractivity contribution in [3.05, 3.63) is 69.9 Å². The maximum Gasteiger partial charge on any atom is 0.247 e. The molecule has 0 spiro atoms. The summed E-state index contributed by atoms with van der Waals surface area (Å²) in [5, 5.41) is 5.56. The fourth-order valence-corrected chi connectivity index (χ4v) is 3.05. The van der Waals surface area contributed by atoms with Gasteiger partial charge in [0.05, 0.1) is 0 Å². The Hall–Kier alpha value is -2.21. The average Bonchev–Trinajstić information content (AvgIpc) is 2.57. The second kappa shape index (κ2) is 9.48. The molecule has 0 aliphatic rings. The van der Waals surface area contributed by atoms with Gasteiger partial charge in [-0.25, -0.2) is 4.39 Å². The van der Waals surface area contributed by atoms with Crippen LogP contribution in [0.2, 0.25) is 0 Å². The molecule has 2 aromatic carbocycles. The van der Waals surface area contributed by atoms with E-state index in [4.69, 9.17) is 0 Å². The van der Waals surface area contributed by atoms with Crippen LogP contribution in [0.3, 0.4) is 0 Å².